The lowest BCUT2D eigenvalue weighted by molar-refractivity contribution is -0.137. The first-order chi connectivity index (χ1) is 15.2. The Hall–Kier alpha value is -2.40. The van der Waals surface area contributed by atoms with Crippen LogP contribution in [0.15, 0.2) is 41.3 Å². The summed E-state index contributed by atoms with van der Waals surface area (Å²) in [5, 5.41) is 1.80. The van der Waals surface area contributed by atoms with Crippen molar-refractivity contribution >= 4 is 38.6 Å². The summed E-state index contributed by atoms with van der Waals surface area (Å²) < 4.78 is 87.7. The number of alkyl halides is 5. The van der Waals surface area contributed by atoms with E-state index >= 15 is 0 Å². The number of hydrogen-bond acceptors (Lipinski definition) is 4. The zero-order valence-corrected chi connectivity index (χ0v) is 19.0. The molecule has 1 saturated heterocycles. The minimum Gasteiger partial charge on any atom is -0.371 e. The largest absolute Gasteiger partial charge is 0.417 e. The maximum Gasteiger partial charge on any atom is 0.417 e. The molecule has 1 aliphatic rings. The quantitative estimate of drug-likeness (QED) is 0.477. The van der Waals surface area contributed by atoms with Crippen molar-refractivity contribution in [2.75, 3.05) is 29.6 Å². The van der Waals surface area contributed by atoms with Gasteiger partial charge in [0.1, 0.15) is 0 Å². The van der Waals surface area contributed by atoms with Gasteiger partial charge >= 0.3 is 6.18 Å². The molecule has 5 nitrogen and oxygen atoms in total. The highest BCUT2D eigenvalue weighted by molar-refractivity contribution is 7.91. The van der Waals surface area contributed by atoms with E-state index in [1.807, 2.05) is 0 Å². The second-order valence-electron chi connectivity index (χ2n) is 7.87. The molecule has 12 heteroatoms. The van der Waals surface area contributed by atoms with Gasteiger partial charge in [-0.05, 0) is 36.8 Å². The van der Waals surface area contributed by atoms with Crippen LogP contribution in [0.3, 0.4) is 0 Å². The topological polar surface area (TPSA) is 73.3 Å². The Morgan fingerprint density at radius 1 is 1.18 bits per heavy atom. The molecule has 0 unspecified atom stereocenters. The second-order valence-corrected chi connectivity index (χ2v) is 10.4. The van der Waals surface area contributed by atoms with Gasteiger partial charge in [0.2, 0.25) is 5.92 Å². The van der Waals surface area contributed by atoms with Crippen molar-refractivity contribution in [3.8, 4) is 0 Å². The fraction of sp³-hybridized carbons (Fsp3) is 0.381. The van der Waals surface area contributed by atoms with Gasteiger partial charge in [0, 0.05) is 42.8 Å². The normalized spacial score (nSPS) is 18.3. The highest BCUT2D eigenvalue weighted by atomic mass is 35.5. The van der Waals surface area contributed by atoms with E-state index in [0.29, 0.717) is 6.07 Å². The lowest BCUT2D eigenvalue weighted by Crippen LogP contribution is -2.29. The van der Waals surface area contributed by atoms with Crippen LogP contribution >= 0.6 is 11.6 Å². The van der Waals surface area contributed by atoms with Gasteiger partial charge in [0.15, 0.2) is 0 Å². The highest BCUT2D eigenvalue weighted by Gasteiger charge is 2.37. The Labute approximate surface area is 192 Å². The van der Waals surface area contributed by atoms with E-state index in [-0.39, 0.29) is 41.3 Å². The van der Waals surface area contributed by atoms with Gasteiger partial charge in [0.05, 0.1) is 31.6 Å². The molecule has 1 fully saturated rings. The van der Waals surface area contributed by atoms with Crippen LogP contribution < -0.4 is 10.2 Å². The molecule has 33 heavy (non-hydrogen) atoms. The number of nitrogens with zero attached hydrogens (tertiary/aromatic N) is 1. The van der Waals surface area contributed by atoms with Crippen LogP contribution in [0.2, 0.25) is 5.02 Å². The average molecular weight is 510 g/mol. The summed E-state index contributed by atoms with van der Waals surface area (Å²) in [5.74, 6) is -3.76. The molecule has 2 aromatic rings. The zero-order valence-electron chi connectivity index (χ0n) is 17.4. The lowest BCUT2D eigenvalue weighted by Gasteiger charge is -2.27. The number of hydrogen-bond donors (Lipinski definition) is 2. The monoisotopic (exact) mass is 509 g/mol. The van der Waals surface area contributed by atoms with Crippen LogP contribution in [-0.4, -0.2) is 35.4 Å². The molecule has 0 bridgehead atoms. The summed E-state index contributed by atoms with van der Waals surface area (Å²) in [5.41, 5.74) is -1.37. The molecule has 0 radical (unpaired) electrons. The summed E-state index contributed by atoms with van der Waals surface area (Å²) >= 11 is 5.83. The molecule has 3 rings (SSSR count). The van der Waals surface area contributed by atoms with E-state index in [1.165, 1.54) is 35.4 Å². The number of halogens is 6. The number of carbonyl (C=O) groups is 1. The molecule has 1 atom stereocenters. The standard InChI is InChI=1S/C21H21ClF5N3O2S/c1-33(28,32)14-5-2-4-13(10-14)29-19(31)15-11-17(22)16(21(25,26)27)12-18(15)30-8-3-6-20(23,24)7-9-30/h2,4-5,10-12,28H,3,6-9H2,1H3,(H,29,31)/t33-/m1/s1. The number of benzene rings is 2. The highest BCUT2D eigenvalue weighted by Crippen LogP contribution is 2.40. The fourth-order valence-corrected chi connectivity index (χ4v) is 4.50. The molecule has 0 saturated carbocycles. The molecule has 1 amide bonds. The predicted molar refractivity (Wildman–Crippen MR) is 117 cm³/mol. The number of rotatable bonds is 4. The number of anilines is 2. The molecule has 0 spiro atoms. The Bertz CT molecular complexity index is 1170. The molecular formula is C21H21ClF5N3O2S. The van der Waals surface area contributed by atoms with Crippen LogP contribution in [0.1, 0.15) is 35.2 Å². The zero-order chi connectivity index (χ0) is 24.6. The van der Waals surface area contributed by atoms with Gasteiger partial charge in [-0.15, -0.1) is 0 Å². The number of carbonyl (C=O) groups excluding carboxylic acids is 1. The van der Waals surface area contributed by atoms with Crippen molar-refractivity contribution in [3.05, 3.63) is 52.5 Å². The van der Waals surface area contributed by atoms with Gasteiger partial charge in [-0.25, -0.2) is 17.8 Å². The fourth-order valence-electron chi connectivity index (χ4n) is 3.54. The molecule has 1 aliphatic heterocycles. The number of amides is 1. The molecular weight excluding hydrogens is 489 g/mol. The molecule has 2 N–H and O–H groups in total. The molecule has 1 heterocycles. The van der Waals surface area contributed by atoms with Gasteiger partial charge in [-0.2, -0.15) is 13.2 Å². The van der Waals surface area contributed by atoms with Crippen molar-refractivity contribution in [2.24, 2.45) is 0 Å². The summed E-state index contributed by atoms with van der Waals surface area (Å²) in [6.45, 7) is -0.195. The third kappa shape index (κ3) is 6.14. The van der Waals surface area contributed by atoms with Crippen molar-refractivity contribution in [3.63, 3.8) is 0 Å². The summed E-state index contributed by atoms with van der Waals surface area (Å²) in [7, 11) is -3.07. The van der Waals surface area contributed by atoms with Gasteiger partial charge in [0.25, 0.3) is 5.91 Å². The van der Waals surface area contributed by atoms with Crippen molar-refractivity contribution in [1.29, 1.82) is 4.78 Å². The Kier molecular flexibility index (Phi) is 6.95. The summed E-state index contributed by atoms with van der Waals surface area (Å²) in [6.07, 6.45) is -4.53. The predicted octanol–water partition coefficient (Wildman–Crippen LogP) is 6.27. The molecule has 180 valence electrons. The maximum atomic E-state index is 13.8. The van der Waals surface area contributed by atoms with Crippen molar-refractivity contribution in [1.82, 2.24) is 0 Å². The van der Waals surface area contributed by atoms with Gasteiger partial charge in [-0.3, -0.25) is 4.79 Å². The second kappa shape index (κ2) is 9.09. The van der Waals surface area contributed by atoms with Gasteiger partial charge < -0.3 is 10.2 Å². The Balaban J connectivity index is 2.03. The minimum absolute atomic E-state index is 0.0362. The van der Waals surface area contributed by atoms with E-state index < -0.39 is 51.2 Å². The molecule has 0 aromatic heterocycles. The van der Waals surface area contributed by atoms with Crippen molar-refractivity contribution in [2.45, 2.75) is 36.3 Å². The smallest absolute Gasteiger partial charge is 0.371 e. The first-order valence-corrected chi connectivity index (χ1v) is 12.2. The van der Waals surface area contributed by atoms with Crippen LogP contribution in [0.5, 0.6) is 0 Å². The average Bonchev–Trinajstić information content (AvgIpc) is 2.87. The van der Waals surface area contributed by atoms with Crippen molar-refractivity contribution < 1.29 is 31.0 Å². The molecule has 0 aliphatic carbocycles. The third-order valence-corrected chi connectivity index (χ3v) is 6.70. The molecule has 2 aromatic carbocycles. The van der Waals surface area contributed by atoms with Crippen LogP contribution in [0.4, 0.5) is 33.3 Å². The van der Waals surface area contributed by atoms with E-state index in [2.05, 4.69) is 5.32 Å². The summed E-state index contributed by atoms with van der Waals surface area (Å²) in [4.78, 5) is 14.5. The third-order valence-electron chi connectivity index (χ3n) is 5.24. The first kappa shape index (κ1) is 25.2. The van der Waals surface area contributed by atoms with Crippen LogP contribution in [0, 0.1) is 4.78 Å². The van der Waals surface area contributed by atoms with E-state index in [0.717, 1.165) is 6.07 Å². The maximum absolute atomic E-state index is 13.8. The summed E-state index contributed by atoms with van der Waals surface area (Å²) in [6, 6.07) is 7.29. The first-order valence-electron chi connectivity index (χ1n) is 9.86. The SMILES string of the molecule is C[S@@](=N)(=O)c1cccc(NC(=O)c2cc(Cl)c(C(F)(F)F)cc2N2CCCC(F)(F)CC2)c1. The minimum atomic E-state index is -4.81. The van der Waals surface area contributed by atoms with Crippen LogP contribution in [-0.2, 0) is 15.9 Å². The van der Waals surface area contributed by atoms with E-state index in [9.17, 15) is 31.0 Å². The van der Waals surface area contributed by atoms with Crippen LogP contribution in [0.25, 0.3) is 0 Å². The van der Waals surface area contributed by atoms with E-state index in [4.69, 9.17) is 16.4 Å². The van der Waals surface area contributed by atoms with Gasteiger partial charge in [-0.1, -0.05) is 17.7 Å². The lowest BCUT2D eigenvalue weighted by atomic mass is 10.1. The Morgan fingerprint density at radius 3 is 2.52 bits per heavy atom. The van der Waals surface area contributed by atoms with E-state index in [1.54, 1.807) is 0 Å². The number of nitrogens with one attached hydrogen (secondary N) is 2. The Morgan fingerprint density at radius 2 is 1.88 bits per heavy atom.